The summed E-state index contributed by atoms with van der Waals surface area (Å²) in [5.41, 5.74) is 8.20. The van der Waals surface area contributed by atoms with Crippen LogP contribution in [0.1, 0.15) is 28.8 Å². The van der Waals surface area contributed by atoms with Crippen LogP contribution in [0.25, 0.3) is 0 Å². The molecular formula is C13H13N3OS2. The molecule has 1 saturated heterocycles. The number of benzene rings is 1. The number of nitrogen functional groups attached to an aromatic ring is 1. The van der Waals surface area contributed by atoms with Crippen molar-refractivity contribution < 1.29 is 4.79 Å². The molecule has 0 aliphatic carbocycles. The van der Waals surface area contributed by atoms with Crippen molar-refractivity contribution in [3.8, 4) is 0 Å². The van der Waals surface area contributed by atoms with Crippen LogP contribution < -0.4 is 11.1 Å². The summed E-state index contributed by atoms with van der Waals surface area (Å²) in [5, 5.41) is 3.01. The highest BCUT2D eigenvalue weighted by Crippen LogP contribution is 2.30. The summed E-state index contributed by atoms with van der Waals surface area (Å²) in [6.07, 6.45) is 1.54. The van der Waals surface area contributed by atoms with Gasteiger partial charge in [-0.2, -0.15) is 0 Å². The number of nitrogens with two attached hydrogens (primary N) is 1. The molecule has 0 saturated carbocycles. The molecule has 1 fully saturated rings. The Morgan fingerprint density at radius 2 is 2.16 bits per heavy atom. The molecular weight excluding hydrogens is 278 g/mol. The fraction of sp³-hybridized carbons (Fsp3) is 0.308. The van der Waals surface area contributed by atoms with E-state index in [4.69, 9.17) is 30.2 Å². The van der Waals surface area contributed by atoms with Gasteiger partial charge in [-0.3, -0.25) is 4.79 Å². The molecule has 0 radical (unpaired) electrons. The maximum Gasteiger partial charge on any atom is 0.255 e. The van der Waals surface area contributed by atoms with Crippen LogP contribution in [0.15, 0.2) is 18.2 Å². The van der Waals surface area contributed by atoms with Crippen molar-refractivity contribution in [1.29, 1.82) is 0 Å². The number of hydrogen-bond acceptors (Lipinski definition) is 4. The van der Waals surface area contributed by atoms with E-state index in [9.17, 15) is 4.79 Å². The van der Waals surface area contributed by atoms with Crippen LogP contribution >= 0.6 is 24.4 Å². The first-order chi connectivity index (χ1) is 9.08. The molecule has 3 rings (SSSR count). The SMILES string of the molecule is Nc1cccc2c1CN(C1CCC(=S)NC1=S)C2=O. The predicted molar refractivity (Wildman–Crippen MR) is 82.1 cm³/mol. The molecule has 2 aliphatic heterocycles. The summed E-state index contributed by atoms with van der Waals surface area (Å²) in [4.78, 5) is 15.6. The molecule has 98 valence electrons. The number of piperidine rings is 1. The van der Waals surface area contributed by atoms with E-state index in [1.165, 1.54) is 0 Å². The molecule has 1 unspecified atom stereocenters. The van der Waals surface area contributed by atoms with Crippen molar-refractivity contribution in [1.82, 2.24) is 10.2 Å². The lowest BCUT2D eigenvalue weighted by Crippen LogP contribution is -2.51. The van der Waals surface area contributed by atoms with Gasteiger partial charge in [0.2, 0.25) is 0 Å². The van der Waals surface area contributed by atoms with Crippen molar-refractivity contribution in [2.75, 3.05) is 5.73 Å². The highest BCUT2D eigenvalue weighted by molar-refractivity contribution is 7.82. The van der Waals surface area contributed by atoms with E-state index in [1.54, 1.807) is 4.90 Å². The van der Waals surface area contributed by atoms with Gasteiger partial charge in [-0.1, -0.05) is 30.5 Å². The zero-order valence-corrected chi connectivity index (χ0v) is 11.8. The van der Waals surface area contributed by atoms with E-state index >= 15 is 0 Å². The Morgan fingerprint density at radius 1 is 1.37 bits per heavy atom. The van der Waals surface area contributed by atoms with Crippen LogP contribution in [-0.4, -0.2) is 26.8 Å². The number of thiocarbonyl (C=S) groups is 2. The van der Waals surface area contributed by atoms with Crippen molar-refractivity contribution >= 4 is 46.0 Å². The van der Waals surface area contributed by atoms with Crippen LogP contribution in [0.3, 0.4) is 0 Å². The van der Waals surface area contributed by atoms with Gasteiger partial charge in [0.1, 0.15) is 4.99 Å². The highest BCUT2D eigenvalue weighted by atomic mass is 32.1. The Bertz CT molecular complexity index is 600. The lowest BCUT2D eigenvalue weighted by molar-refractivity contribution is 0.0743. The summed E-state index contributed by atoms with van der Waals surface area (Å²) in [7, 11) is 0. The average Bonchev–Trinajstić information content (AvgIpc) is 2.69. The van der Waals surface area contributed by atoms with E-state index in [1.807, 2.05) is 18.2 Å². The molecule has 1 amide bonds. The quantitative estimate of drug-likeness (QED) is 0.608. The van der Waals surface area contributed by atoms with Gasteiger partial charge >= 0.3 is 0 Å². The molecule has 4 nitrogen and oxygen atoms in total. The minimum absolute atomic E-state index is 0.00395. The number of carbonyl (C=O) groups excluding carboxylic acids is 1. The smallest absolute Gasteiger partial charge is 0.255 e. The van der Waals surface area contributed by atoms with Gasteiger partial charge in [-0.05, 0) is 18.6 Å². The van der Waals surface area contributed by atoms with Gasteiger partial charge in [0.15, 0.2) is 0 Å². The molecule has 0 aromatic heterocycles. The van der Waals surface area contributed by atoms with Crippen molar-refractivity contribution in [3.05, 3.63) is 29.3 Å². The number of hydrogen-bond donors (Lipinski definition) is 2. The molecule has 19 heavy (non-hydrogen) atoms. The molecule has 0 spiro atoms. The Kier molecular flexibility index (Phi) is 2.99. The maximum atomic E-state index is 12.4. The fourth-order valence-electron chi connectivity index (χ4n) is 2.61. The summed E-state index contributed by atoms with van der Waals surface area (Å²) in [5.74, 6) is 0.00395. The number of nitrogens with zero attached hydrogens (tertiary/aromatic N) is 1. The molecule has 1 aromatic carbocycles. The van der Waals surface area contributed by atoms with Gasteiger partial charge in [-0.25, -0.2) is 0 Å². The minimum Gasteiger partial charge on any atom is -0.398 e. The van der Waals surface area contributed by atoms with Crippen molar-refractivity contribution in [2.45, 2.75) is 25.4 Å². The number of amides is 1. The van der Waals surface area contributed by atoms with Crippen molar-refractivity contribution in [2.24, 2.45) is 0 Å². The summed E-state index contributed by atoms with van der Waals surface area (Å²) in [6, 6.07) is 5.36. The van der Waals surface area contributed by atoms with E-state index in [2.05, 4.69) is 5.32 Å². The second kappa shape index (κ2) is 4.54. The molecule has 1 atom stereocenters. The second-order valence-corrected chi connectivity index (χ2v) is 5.71. The lowest BCUT2D eigenvalue weighted by atomic mass is 10.1. The maximum absolute atomic E-state index is 12.4. The molecule has 1 aromatic rings. The number of rotatable bonds is 1. The van der Waals surface area contributed by atoms with Crippen LogP contribution in [0.4, 0.5) is 5.69 Å². The molecule has 3 N–H and O–H groups in total. The standard InChI is InChI=1S/C13H13N3OS2/c14-9-3-1-2-7-8(9)6-16(13(7)17)10-4-5-11(18)15-12(10)19/h1-3,10H,4-6,14H2,(H,15,18,19). The number of fused-ring (bicyclic) bond motifs is 1. The number of anilines is 1. The normalized spacial score (nSPS) is 22.4. The van der Waals surface area contributed by atoms with E-state index in [-0.39, 0.29) is 11.9 Å². The van der Waals surface area contributed by atoms with Gasteiger partial charge in [-0.15, -0.1) is 0 Å². The Morgan fingerprint density at radius 3 is 2.84 bits per heavy atom. The molecule has 0 bridgehead atoms. The highest BCUT2D eigenvalue weighted by Gasteiger charge is 2.37. The van der Waals surface area contributed by atoms with Crippen LogP contribution in [0.5, 0.6) is 0 Å². The van der Waals surface area contributed by atoms with Crippen LogP contribution in [0, 0.1) is 0 Å². The Labute approximate surface area is 122 Å². The lowest BCUT2D eigenvalue weighted by Gasteiger charge is -2.32. The number of nitrogens with one attached hydrogen (secondary N) is 1. The van der Waals surface area contributed by atoms with Crippen molar-refractivity contribution in [3.63, 3.8) is 0 Å². The third-order valence-electron chi connectivity index (χ3n) is 3.62. The molecule has 2 aliphatic rings. The Balaban J connectivity index is 1.90. The summed E-state index contributed by atoms with van der Waals surface area (Å²) < 4.78 is 0. The molecule has 6 heteroatoms. The zero-order valence-electron chi connectivity index (χ0n) is 10.2. The fourth-order valence-corrected chi connectivity index (χ4v) is 3.27. The number of carbonyl (C=O) groups is 1. The largest absolute Gasteiger partial charge is 0.398 e. The van der Waals surface area contributed by atoms with Gasteiger partial charge in [0.05, 0.1) is 11.0 Å². The first-order valence-corrected chi connectivity index (χ1v) is 6.91. The zero-order chi connectivity index (χ0) is 13.6. The first kappa shape index (κ1) is 12.5. The Hall–Kier alpha value is -1.53. The minimum atomic E-state index is -0.0824. The molecule has 2 heterocycles. The average molecular weight is 291 g/mol. The van der Waals surface area contributed by atoms with Crippen LogP contribution in [-0.2, 0) is 6.54 Å². The second-order valence-electron chi connectivity index (χ2n) is 4.77. The van der Waals surface area contributed by atoms with E-state index < -0.39 is 0 Å². The predicted octanol–water partition coefficient (Wildman–Crippen LogP) is 1.63. The van der Waals surface area contributed by atoms with Gasteiger partial charge < -0.3 is 16.0 Å². The summed E-state index contributed by atoms with van der Waals surface area (Å²) in [6.45, 7) is 0.528. The van der Waals surface area contributed by atoms with E-state index in [0.717, 1.165) is 23.4 Å². The monoisotopic (exact) mass is 291 g/mol. The third-order valence-corrected chi connectivity index (χ3v) is 4.30. The van der Waals surface area contributed by atoms with Crippen LogP contribution in [0.2, 0.25) is 0 Å². The van der Waals surface area contributed by atoms with E-state index in [0.29, 0.717) is 22.8 Å². The van der Waals surface area contributed by atoms with Gasteiger partial charge in [0, 0.05) is 29.8 Å². The third kappa shape index (κ3) is 2.01. The topological polar surface area (TPSA) is 58.4 Å². The van der Waals surface area contributed by atoms with Gasteiger partial charge in [0.25, 0.3) is 5.91 Å². The first-order valence-electron chi connectivity index (χ1n) is 6.10. The summed E-state index contributed by atoms with van der Waals surface area (Å²) >= 11 is 10.4.